The number of thioether (sulfide) groups is 1. The van der Waals surface area contributed by atoms with Crippen molar-refractivity contribution in [1.29, 1.82) is 0 Å². The minimum Gasteiger partial charge on any atom is -0.341 e. The Kier molecular flexibility index (Phi) is 4.60. The summed E-state index contributed by atoms with van der Waals surface area (Å²) in [6, 6.07) is 0. The summed E-state index contributed by atoms with van der Waals surface area (Å²) in [5.41, 5.74) is 2.52. The van der Waals surface area contributed by atoms with Crippen LogP contribution in [0.1, 0.15) is 26.7 Å². The zero-order valence-electron chi connectivity index (χ0n) is 10.9. The number of nitrogens with one attached hydrogen (secondary N) is 1. The van der Waals surface area contributed by atoms with E-state index in [4.69, 9.17) is 5.84 Å². The number of hydrogen-bond acceptors (Lipinski definition) is 7. The number of hydrogen-bond donors (Lipinski definition) is 2. The van der Waals surface area contributed by atoms with Crippen LogP contribution in [0, 0.1) is 5.92 Å². The smallest absolute Gasteiger partial charge is 0.242 e. The molecule has 1 saturated heterocycles. The van der Waals surface area contributed by atoms with Crippen LogP contribution in [-0.2, 0) is 0 Å². The van der Waals surface area contributed by atoms with Crippen molar-refractivity contribution in [3.8, 4) is 0 Å². The van der Waals surface area contributed by atoms with Gasteiger partial charge in [0.2, 0.25) is 11.9 Å². The van der Waals surface area contributed by atoms with Crippen LogP contribution in [0.4, 0.5) is 11.9 Å². The van der Waals surface area contributed by atoms with E-state index >= 15 is 0 Å². The first-order valence-corrected chi connectivity index (χ1v) is 7.28. The fourth-order valence-corrected chi connectivity index (χ4v) is 2.55. The Morgan fingerprint density at radius 2 is 2.00 bits per heavy atom. The van der Waals surface area contributed by atoms with Gasteiger partial charge in [-0.1, -0.05) is 25.6 Å². The molecule has 18 heavy (non-hydrogen) atoms. The summed E-state index contributed by atoms with van der Waals surface area (Å²) < 4.78 is 0. The number of nitrogens with zero attached hydrogens (tertiary/aromatic N) is 4. The predicted molar refractivity (Wildman–Crippen MR) is 74.6 cm³/mol. The molecule has 1 fully saturated rings. The Balaban J connectivity index is 2.15. The minimum atomic E-state index is 0.443. The van der Waals surface area contributed by atoms with Crippen LogP contribution < -0.4 is 16.2 Å². The summed E-state index contributed by atoms with van der Waals surface area (Å²) >= 11 is 1.65. The third-order valence-corrected chi connectivity index (χ3v) is 3.94. The number of nitrogens with two attached hydrogens (primary N) is 1. The monoisotopic (exact) mass is 268 g/mol. The molecule has 2 rings (SSSR count). The Labute approximate surface area is 112 Å². The molecule has 1 aromatic rings. The minimum absolute atomic E-state index is 0.443. The van der Waals surface area contributed by atoms with Crippen molar-refractivity contribution in [2.45, 2.75) is 31.8 Å². The standard InChI is InChI=1S/C11H20N6S/c1-8(2)7-18-11-14-9(16-12)13-10(15-11)17-5-3-4-6-17/h8H,3-7,12H2,1-2H3,(H,13,14,15,16). The van der Waals surface area contributed by atoms with Crippen LogP contribution in [-0.4, -0.2) is 33.8 Å². The van der Waals surface area contributed by atoms with Crippen molar-refractivity contribution >= 4 is 23.7 Å². The molecule has 0 unspecified atom stereocenters. The highest BCUT2D eigenvalue weighted by molar-refractivity contribution is 7.99. The van der Waals surface area contributed by atoms with Gasteiger partial charge in [-0.2, -0.15) is 15.0 Å². The Hall–Kier alpha value is -1.08. The molecule has 2 heterocycles. The van der Waals surface area contributed by atoms with Gasteiger partial charge in [0.1, 0.15) is 0 Å². The zero-order chi connectivity index (χ0) is 13.0. The topological polar surface area (TPSA) is 80.0 Å². The van der Waals surface area contributed by atoms with E-state index in [-0.39, 0.29) is 0 Å². The first-order valence-electron chi connectivity index (χ1n) is 6.29. The lowest BCUT2D eigenvalue weighted by atomic mass is 10.3. The zero-order valence-corrected chi connectivity index (χ0v) is 11.7. The highest BCUT2D eigenvalue weighted by Crippen LogP contribution is 2.22. The van der Waals surface area contributed by atoms with Crippen molar-refractivity contribution in [3.05, 3.63) is 0 Å². The van der Waals surface area contributed by atoms with Crippen molar-refractivity contribution in [2.75, 3.05) is 29.2 Å². The molecule has 0 saturated carbocycles. The van der Waals surface area contributed by atoms with Gasteiger partial charge in [-0.25, -0.2) is 5.84 Å². The molecule has 1 aliphatic rings. The molecule has 0 aromatic carbocycles. The molecule has 0 amide bonds. The summed E-state index contributed by atoms with van der Waals surface area (Å²) in [6.45, 7) is 6.39. The molecule has 100 valence electrons. The van der Waals surface area contributed by atoms with Crippen molar-refractivity contribution in [2.24, 2.45) is 11.8 Å². The van der Waals surface area contributed by atoms with Crippen LogP contribution in [0.5, 0.6) is 0 Å². The van der Waals surface area contributed by atoms with Gasteiger partial charge in [-0.05, 0) is 18.8 Å². The largest absolute Gasteiger partial charge is 0.341 e. The SMILES string of the molecule is CC(C)CSc1nc(NN)nc(N2CCCC2)n1. The Bertz CT molecular complexity index is 391. The maximum Gasteiger partial charge on any atom is 0.242 e. The Morgan fingerprint density at radius 1 is 1.28 bits per heavy atom. The number of anilines is 2. The van der Waals surface area contributed by atoms with Crippen LogP contribution in [0.3, 0.4) is 0 Å². The average Bonchev–Trinajstić information content (AvgIpc) is 2.89. The van der Waals surface area contributed by atoms with E-state index < -0.39 is 0 Å². The van der Waals surface area contributed by atoms with Gasteiger partial charge in [0, 0.05) is 18.8 Å². The van der Waals surface area contributed by atoms with E-state index in [1.165, 1.54) is 12.8 Å². The lowest BCUT2D eigenvalue weighted by Crippen LogP contribution is -2.22. The second-order valence-corrected chi connectivity index (χ2v) is 5.77. The van der Waals surface area contributed by atoms with Crippen molar-refractivity contribution in [3.63, 3.8) is 0 Å². The summed E-state index contributed by atoms with van der Waals surface area (Å²) in [5, 5.41) is 0.744. The number of rotatable bonds is 5. The third-order valence-electron chi connectivity index (χ3n) is 2.67. The van der Waals surface area contributed by atoms with Gasteiger partial charge >= 0.3 is 0 Å². The number of hydrazine groups is 1. The fourth-order valence-electron chi connectivity index (χ4n) is 1.77. The molecule has 0 radical (unpaired) electrons. The summed E-state index contributed by atoms with van der Waals surface area (Å²) in [4.78, 5) is 15.3. The van der Waals surface area contributed by atoms with Gasteiger partial charge < -0.3 is 4.90 Å². The molecule has 3 N–H and O–H groups in total. The number of nitrogen functional groups attached to an aromatic ring is 1. The predicted octanol–water partition coefficient (Wildman–Crippen LogP) is 1.51. The maximum atomic E-state index is 5.41. The molecule has 6 nitrogen and oxygen atoms in total. The molecule has 0 bridgehead atoms. The average molecular weight is 268 g/mol. The highest BCUT2D eigenvalue weighted by Gasteiger charge is 2.17. The van der Waals surface area contributed by atoms with Gasteiger partial charge in [-0.15, -0.1) is 0 Å². The summed E-state index contributed by atoms with van der Waals surface area (Å²) in [6.07, 6.45) is 2.40. The molecule has 1 aliphatic heterocycles. The van der Waals surface area contributed by atoms with Crippen LogP contribution >= 0.6 is 11.8 Å². The molecule has 1 aromatic heterocycles. The van der Waals surface area contributed by atoms with Crippen molar-refractivity contribution in [1.82, 2.24) is 15.0 Å². The van der Waals surface area contributed by atoms with E-state index in [2.05, 4.69) is 39.1 Å². The van der Waals surface area contributed by atoms with E-state index in [9.17, 15) is 0 Å². The normalized spacial score (nSPS) is 15.4. The van der Waals surface area contributed by atoms with Gasteiger partial charge in [0.15, 0.2) is 5.16 Å². The maximum absolute atomic E-state index is 5.41. The number of aromatic nitrogens is 3. The van der Waals surface area contributed by atoms with Gasteiger partial charge in [-0.3, -0.25) is 5.43 Å². The quantitative estimate of drug-likeness (QED) is 0.476. The lowest BCUT2D eigenvalue weighted by Gasteiger charge is -2.16. The van der Waals surface area contributed by atoms with E-state index in [0.717, 1.165) is 29.9 Å². The fraction of sp³-hybridized carbons (Fsp3) is 0.727. The second-order valence-electron chi connectivity index (χ2n) is 4.78. The van der Waals surface area contributed by atoms with Crippen LogP contribution in [0.25, 0.3) is 0 Å². The molecule has 0 spiro atoms. The molecule has 0 atom stereocenters. The highest BCUT2D eigenvalue weighted by atomic mass is 32.2. The first-order chi connectivity index (χ1) is 8.69. The van der Waals surface area contributed by atoms with Gasteiger partial charge in [0.05, 0.1) is 0 Å². The third kappa shape index (κ3) is 3.46. The Morgan fingerprint density at radius 3 is 2.61 bits per heavy atom. The second kappa shape index (κ2) is 6.19. The first kappa shape index (κ1) is 13.4. The molecule has 0 aliphatic carbocycles. The van der Waals surface area contributed by atoms with Crippen molar-refractivity contribution < 1.29 is 0 Å². The van der Waals surface area contributed by atoms with E-state index in [1.807, 2.05) is 0 Å². The van der Waals surface area contributed by atoms with E-state index in [1.54, 1.807) is 11.8 Å². The van der Waals surface area contributed by atoms with Crippen LogP contribution in [0.2, 0.25) is 0 Å². The summed E-state index contributed by atoms with van der Waals surface area (Å²) in [5.74, 6) is 8.19. The molecular weight excluding hydrogens is 248 g/mol. The molecular formula is C11H20N6S. The summed E-state index contributed by atoms with van der Waals surface area (Å²) in [7, 11) is 0. The van der Waals surface area contributed by atoms with Gasteiger partial charge in [0.25, 0.3) is 0 Å². The van der Waals surface area contributed by atoms with Crippen LogP contribution in [0.15, 0.2) is 5.16 Å². The molecule has 7 heteroatoms. The lowest BCUT2D eigenvalue weighted by molar-refractivity contribution is 0.746. The van der Waals surface area contributed by atoms with E-state index in [0.29, 0.717) is 11.9 Å².